The van der Waals surface area contributed by atoms with Gasteiger partial charge in [-0.1, -0.05) is 30.7 Å². The quantitative estimate of drug-likeness (QED) is 0.704. The number of urea groups is 1. The number of carboxylic acids is 1. The number of likely N-dealkylation sites (N-methyl/N-ethyl adjacent to an activating group) is 1. The zero-order valence-electron chi connectivity index (χ0n) is 15.9. The van der Waals surface area contributed by atoms with Crippen LogP contribution in [0.3, 0.4) is 0 Å². The van der Waals surface area contributed by atoms with Crippen molar-refractivity contribution in [2.75, 3.05) is 32.7 Å². The standard InChI is InChI=1S/C19H28ClN3O4/c1-3-22(13-18(24)25)15-8-10-23(11-9-15)19(26)21-12-14(2)27-17-7-5-4-6-16(17)20/h4-7,14-15H,3,8-13H2,1-2H3,(H,21,26)(H,24,25). The number of piperidine rings is 1. The summed E-state index contributed by atoms with van der Waals surface area (Å²) in [7, 11) is 0. The number of carbonyl (C=O) groups is 2. The highest BCUT2D eigenvalue weighted by molar-refractivity contribution is 6.32. The number of hydrogen-bond acceptors (Lipinski definition) is 4. The van der Waals surface area contributed by atoms with Crippen molar-refractivity contribution in [3.8, 4) is 5.75 Å². The minimum absolute atomic E-state index is 0.0459. The average molecular weight is 398 g/mol. The van der Waals surface area contributed by atoms with Gasteiger partial charge >= 0.3 is 12.0 Å². The number of likely N-dealkylation sites (tertiary alicyclic amines) is 1. The van der Waals surface area contributed by atoms with Crippen molar-refractivity contribution in [3.63, 3.8) is 0 Å². The molecule has 2 N–H and O–H groups in total. The highest BCUT2D eigenvalue weighted by Crippen LogP contribution is 2.24. The number of carbonyl (C=O) groups excluding carboxylic acids is 1. The minimum atomic E-state index is -0.815. The maximum absolute atomic E-state index is 12.4. The molecular weight excluding hydrogens is 370 g/mol. The van der Waals surface area contributed by atoms with E-state index in [4.69, 9.17) is 21.4 Å². The molecule has 1 fully saturated rings. The fourth-order valence-electron chi connectivity index (χ4n) is 3.25. The van der Waals surface area contributed by atoms with Crippen LogP contribution in [-0.2, 0) is 4.79 Å². The van der Waals surface area contributed by atoms with Gasteiger partial charge in [0.15, 0.2) is 0 Å². The summed E-state index contributed by atoms with van der Waals surface area (Å²) in [5.41, 5.74) is 0. The second kappa shape index (κ2) is 10.4. The zero-order valence-corrected chi connectivity index (χ0v) is 16.6. The molecule has 8 heteroatoms. The summed E-state index contributed by atoms with van der Waals surface area (Å²) in [5, 5.41) is 12.4. The first-order valence-electron chi connectivity index (χ1n) is 9.30. The number of rotatable bonds is 8. The van der Waals surface area contributed by atoms with Crippen molar-refractivity contribution in [2.24, 2.45) is 0 Å². The van der Waals surface area contributed by atoms with Gasteiger partial charge in [0.1, 0.15) is 11.9 Å². The highest BCUT2D eigenvalue weighted by Gasteiger charge is 2.27. The summed E-state index contributed by atoms with van der Waals surface area (Å²) in [5.74, 6) is -0.218. The predicted octanol–water partition coefficient (Wildman–Crippen LogP) is 2.69. The van der Waals surface area contributed by atoms with Crippen LogP contribution in [0.2, 0.25) is 5.02 Å². The first-order chi connectivity index (χ1) is 12.9. The third-order valence-electron chi connectivity index (χ3n) is 4.72. The molecule has 1 saturated heterocycles. The number of ether oxygens (including phenoxy) is 1. The van der Waals surface area contributed by atoms with Gasteiger partial charge in [-0.2, -0.15) is 0 Å². The maximum atomic E-state index is 12.4. The van der Waals surface area contributed by atoms with Crippen LogP contribution in [0, 0.1) is 0 Å². The number of nitrogens with zero attached hydrogens (tertiary/aromatic N) is 2. The Morgan fingerprint density at radius 1 is 1.37 bits per heavy atom. The third kappa shape index (κ3) is 6.59. The molecule has 1 aromatic carbocycles. The third-order valence-corrected chi connectivity index (χ3v) is 5.03. The van der Waals surface area contributed by atoms with E-state index in [9.17, 15) is 9.59 Å². The Morgan fingerprint density at radius 2 is 2.04 bits per heavy atom. The zero-order chi connectivity index (χ0) is 19.8. The van der Waals surface area contributed by atoms with Crippen LogP contribution in [0.1, 0.15) is 26.7 Å². The summed E-state index contributed by atoms with van der Waals surface area (Å²) >= 11 is 6.07. The first-order valence-corrected chi connectivity index (χ1v) is 9.68. The fraction of sp³-hybridized carbons (Fsp3) is 0.579. The number of aliphatic carboxylic acids is 1. The van der Waals surface area contributed by atoms with Gasteiger partial charge in [0.2, 0.25) is 0 Å². The first kappa shape index (κ1) is 21.3. The summed E-state index contributed by atoms with van der Waals surface area (Å²) in [4.78, 5) is 27.0. The minimum Gasteiger partial charge on any atom is -0.487 e. The number of amides is 2. The van der Waals surface area contributed by atoms with E-state index in [1.54, 1.807) is 17.0 Å². The highest BCUT2D eigenvalue weighted by atomic mass is 35.5. The largest absolute Gasteiger partial charge is 0.487 e. The molecule has 2 rings (SSSR count). The monoisotopic (exact) mass is 397 g/mol. The molecule has 1 heterocycles. The van der Waals surface area contributed by atoms with E-state index >= 15 is 0 Å². The van der Waals surface area contributed by atoms with Crippen LogP contribution in [0.15, 0.2) is 24.3 Å². The molecule has 1 atom stereocenters. The molecule has 1 unspecified atom stereocenters. The van der Waals surface area contributed by atoms with Crippen molar-refractivity contribution in [3.05, 3.63) is 29.3 Å². The van der Waals surface area contributed by atoms with E-state index in [0.717, 1.165) is 12.8 Å². The fourth-order valence-corrected chi connectivity index (χ4v) is 3.43. The Bertz CT molecular complexity index is 635. The van der Waals surface area contributed by atoms with E-state index in [-0.39, 0.29) is 24.7 Å². The Kier molecular flexibility index (Phi) is 8.19. The molecule has 0 aromatic heterocycles. The van der Waals surface area contributed by atoms with Crippen molar-refractivity contribution >= 4 is 23.6 Å². The molecule has 0 aliphatic carbocycles. The molecule has 7 nitrogen and oxygen atoms in total. The molecule has 27 heavy (non-hydrogen) atoms. The van der Waals surface area contributed by atoms with E-state index in [2.05, 4.69) is 5.32 Å². The summed E-state index contributed by atoms with van der Waals surface area (Å²) in [6.07, 6.45) is 1.35. The molecule has 0 spiro atoms. The van der Waals surface area contributed by atoms with Gasteiger partial charge in [-0.15, -0.1) is 0 Å². The Morgan fingerprint density at radius 3 is 2.63 bits per heavy atom. The average Bonchev–Trinajstić information content (AvgIpc) is 2.66. The molecule has 0 saturated carbocycles. The molecule has 1 aliphatic rings. The molecule has 0 bridgehead atoms. The lowest BCUT2D eigenvalue weighted by Crippen LogP contribution is -2.51. The van der Waals surface area contributed by atoms with Gasteiger partial charge in [-0.05, 0) is 38.4 Å². The van der Waals surface area contributed by atoms with E-state index in [1.807, 2.05) is 30.9 Å². The van der Waals surface area contributed by atoms with Gasteiger partial charge in [-0.25, -0.2) is 4.79 Å². The van der Waals surface area contributed by atoms with Gasteiger partial charge in [-0.3, -0.25) is 9.69 Å². The molecule has 2 amide bonds. The maximum Gasteiger partial charge on any atom is 0.317 e. The van der Waals surface area contributed by atoms with Gasteiger partial charge in [0.25, 0.3) is 0 Å². The lowest BCUT2D eigenvalue weighted by atomic mass is 10.0. The molecule has 1 aliphatic heterocycles. The second-order valence-electron chi connectivity index (χ2n) is 6.72. The van der Waals surface area contributed by atoms with Crippen LogP contribution in [-0.4, -0.2) is 71.8 Å². The number of halogens is 1. The number of para-hydroxylation sites is 1. The van der Waals surface area contributed by atoms with Crippen LogP contribution >= 0.6 is 11.6 Å². The molecule has 150 valence electrons. The van der Waals surface area contributed by atoms with Crippen molar-refractivity contribution in [1.82, 2.24) is 15.1 Å². The number of nitrogens with one attached hydrogen (secondary N) is 1. The lowest BCUT2D eigenvalue weighted by molar-refractivity contribution is -0.139. The predicted molar refractivity (Wildman–Crippen MR) is 104 cm³/mol. The van der Waals surface area contributed by atoms with Crippen molar-refractivity contribution in [1.29, 1.82) is 0 Å². The Balaban J connectivity index is 1.74. The normalized spacial score (nSPS) is 16.2. The van der Waals surface area contributed by atoms with Gasteiger partial charge in [0, 0.05) is 19.1 Å². The number of benzene rings is 1. The van der Waals surface area contributed by atoms with E-state index in [0.29, 0.717) is 37.0 Å². The Hall–Kier alpha value is -1.99. The topological polar surface area (TPSA) is 82.1 Å². The summed E-state index contributed by atoms with van der Waals surface area (Å²) in [6.45, 7) is 6.19. The van der Waals surface area contributed by atoms with Crippen LogP contribution < -0.4 is 10.1 Å². The van der Waals surface area contributed by atoms with E-state index < -0.39 is 5.97 Å². The molecule has 0 radical (unpaired) electrons. The Labute approximate surface area is 165 Å². The van der Waals surface area contributed by atoms with Gasteiger partial charge < -0.3 is 20.1 Å². The van der Waals surface area contributed by atoms with Crippen LogP contribution in [0.4, 0.5) is 4.79 Å². The van der Waals surface area contributed by atoms with Crippen LogP contribution in [0.5, 0.6) is 5.75 Å². The smallest absolute Gasteiger partial charge is 0.317 e. The molecular formula is C19H28ClN3O4. The van der Waals surface area contributed by atoms with Crippen LogP contribution in [0.25, 0.3) is 0 Å². The van der Waals surface area contributed by atoms with Gasteiger partial charge in [0.05, 0.1) is 18.1 Å². The second-order valence-corrected chi connectivity index (χ2v) is 7.13. The number of hydrogen-bond donors (Lipinski definition) is 2. The van der Waals surface area contributed by atoms with Crippen molar-refractivity contribution in [2.45, 2.75) is 38.8 Å². The number of carboxylic acid groups (broad SMARTS) is 1. The van der Waals surface area contributed by atoms with E-state index in [1.165, 1.54) is 0 Å². The lowest BCUT2D eigenvalue weighted by Gasteiger charge is -2.37. The summed E-state index contributed by atoms with van der Waals surface area (Å²) < 4.78 is 5.76. The SMILES string of the molecule is CCN(CC(=O)O)C1CCN(C(=O)NCC(C)Oc2ccccc2Cl)CC1. The summed E-state index contributed by atoms with van der Waals surface area (Å²) in [6, 6.07) is 7.32. The molecule has 1 aromatic rings. The van der Waals surface area contributed by atoms with Crippen molar-refractivity contribution < 1.29 is 19.4 Å².